The Hall–Kier alpha value is -1.40. The van der Waals surface area contributed by atoms with Gasteiger partial charge in [0.05, 0.1) is 10.6 Å². The maximum atomic E-state index is 11.6. The van der Waals surface area contributed by atoms with Gasteiger partial charge in [0.15, 0.2) is 5.13 Å². The molecule has 0 bridgehead atoms. The predicted molar refractivity (Wildman–Crippen MR) is 72.0 cm³/mol. The number of anilines is 1. The van der Waals surface area contributed by atoms with Crippen molar-refractivity contribution in [2.45, 2.75) is 6.42 Å². The molecule has 90 valence electrons. The van der Waals surface area contributed by atoms with E-state index in [0.717, 1.165) is 22.1 Å². The Kier molecular flexibility index (Phi) is 4.11. The monoisotopic (exact) mass is 267 g/mol. The highest BCUT2D eigenvalue weighted by atomic mass is 32.1. The number of hydrogen-bond acceptors (Lipinski definition) is 5. The summed E-state index contributed by atoms with van der Waals surface area (Å²) in [6, 6.07) is 3.70. The fourth-order valence-electron chi connectivity index (χ4n) is 1.34. The van der Waals surface area contributed by atoms with Crippen molar-refractivity contribution in [2.24, 2.45) is 0 Å². The minimum atomic E-state index is -0.0101. The number of carbonyl (C=O) groups is 1. The summed E-state index contributed by atoms with van der Waals surface area (Å²) in [6.07, 6.45) is 0.759. The lowest BCUT2D eigenvalue weighted by Crippen LogP contribution is -2.24. The van der Waals surface area contributed by atoms with Crippen molar-refractivity contribution in [2.75, 3.05) is 18.9 Å². The third-order valence-corrected chi connectivity index (χ3v) is 3.95. The summed E-state index contributed by atoms with van der Waals surface area (Å²) in [5, 5.41) is 10.7. The van der Waals surface area contributed by atoms with E-state index in [9.17, 15) is 4.79 Å². The largest absolute Gasteiger partial charge is 0.365 e. The van der Waals surface area contributed by atoms with Gasteiger partial charge in [0.2, 0.25) is 0 Å². The first-order valence-electron chi connectivity index (χ1n) is 5.23. The Balaban J connectivity index is 1.78. The van der Waals surface area contributed by atoms with E-state index in [1.807, 2.05) is 29.9 Å². The number of amides is 1. The number of aromatic nitrogens is 1. The molecule has 2 heterocycles. The van der Waals surface area contributed by atoms with Crippen molar-refractivity contribution in [3.63, 3.8) is 0 Å². The number of thiazole rings is 1. The third-order valence-electron chi connectivity index (χ3n) is 2.18. The SMILES string of the molecule is CNc1nc(CCNC(=O)c2cccs2)cs1. The summed E-state index contributed by atoms with van der Waals surface area (Å²) in [7, 11) is 1.85. The maximum Gasteiger partial charge on any atom is 0.261 e. The smallest absolute Gasteiger partial charge is 0.261 e. The van der Waals surface area contributed by atoms with Crippen LogP contribution in [0.3, 0.4) is 0 Å². The lowest BCUT2D eigenvalue weighted by Gasteiger charge is -2.01. The quantitative estimate of drug-likeness (QED) is 0.873. The minimum absolute atomic E-state index is 0.0101. The molecular formula is C11H13N3OS2. The van der Waals surface area contributed by atoms with Gasteiger partial charge in [-0.15, -0.1) is 22.7 Å². The maximum absolute atomic E-state index is 11.6. The standard InChI is InChI=1S/C11H13N3OS2/c1-12-11-14-8(7-17-11)4-5-13-10(15)9-3-2-6-16-9/h2-3,6-7H,4-5H2,1H3,(H,12,14)(H,13,15). The van der Waals surface area contributed by atoms with Gasteiger partial charge in [-0.1, -0.05) is 6.07 Å². The van der Waals surface area contributed by atoms with Crippen LogP contribution >= 0.6 is 22.7 Å². The van der Waals surface area contributed by atoms with Crippen LogP contribution in [0.15, 0.2) is 22.9 Å². The Morgan fingerprint density at radius 2 is 2.35 bits per heavy atom. The molecule has 0 saturated heterocycles. The summed E-state index contributed by atoms with van der Waals surface area (Å²) < 4.78 is 0. The third kappa shape index (κ3) is 3.28. The fraction of sp³-hybridized carbons (Fsp3) is 0.273. The van der Waals surface area contributed by atoms with Crippen LogP contribution in [-0.2, 0) is 6.42 Å². The van der Waals surface area contributed by atoms with Crippen LogP contribution in [0.1, 0.15) is 15.4 Å². The summed E-state index contributed by atoms with van der Waals surface area (Å²) >= 11 is 3.02. The van der Waals surface area contributed by atoms with Gasteiger partial charge in [-0.3, -0.25) is 4.79 Å². The molecule has 0 aromatic carbocycles. The first-order chi connectivity index (χ1) is 8.29. The molecule has 0 spiro atoms. The van der Waals surface area contributed by atoms with E-state index in [2.05, 4.69) is 15.6 Å². The average molecular weight is 267 g/mol. The van der Waals surface area contributed by atoms with Crippen LogP contribution in [0, 0.1) is 0 Å². The minimum Gasteiger partial charge on any atom is -0.365 e. The Labute approximate surface area is 108 Å². The highest BCUT2D eigenvalue weighted by Gasteiger charge is 2.06. The molecule has 0 radical (unpaired) electrons. The molecule has 0 saturated carbocycles. The van der Waals surface area contributed by atoms with Crippen molar-refractivity contribution in [3.8, 4) is 0 Å². The molecule has 1 amide bonds. The summed E-state index contributed by atoms with van der Waals surface area (Å²) in [6.45, 7) is 0.615. The van der Waals surface area contributed by atoms with Crippen LogP contribution < -0.4 is 10.6 Å². The van der Waals surface area contributed by atoms with Gasteiger partial charge in [0.1, 0.15) is 0 Å². The molecule has 2 rings (SSSR count). The Morgan fingerprint density at radius 3 is 3.00 bits per heavy atom. The van der Waals surface area contributed by atoms with Gasteiger partial charge in [-0.2, -0.15) is 0 Å². The number of rotatable bonds is 5. The number of hydrogen-bond donors (Lipinski definition) is 2. The highest BCUT2D eigenvalue weighted by molar-refractivity contribution is 7.13. The van der Waals surface area contributed by atoms with Crippen LogP contribution in [0.4, 0.5) is 5.13 Å². The lowest BCUT2D eigenvalue weighted by atomic mass is 10.3. The molecule has 17 heavy (non-hydrogen) atoms. The zero-order valence-corrected chi connectivity index (χ0v) is 11.0. The molecule has 4 nitrogen and oxygen atoms in total. The van der Waals surface area contributed by atoms with E-state index in [-0.39, 0.29) is 5.91 Å². The number of thiophene rings is 1. The van der Waals surface area contributed by atoms with E-state index >= 15 is 0 Å². The van der Waals surface area contributed by atoms with Gasteiger partial charge in [-0.05, 0) is 11.4 Å². The lowest BCUT2D eigenvalue weighted by molar-refractivity contribution is 0.0958. The molecule has 0 unspecified atom stereocenters. The second-order valence-corrected chi connectivity index (χ2v) is 5.18. The van der Waals surface area contributed by atoms with Crippen molar-refractivity contribution in [1.82, 2.24) is 10.3 Å². The van der Waals surface area contributed by atoms with E-state index < -0.39 is 0 Å². The van der Waals surface area contributed by atoms with Crippen LogP contribution in [0.2, 0.25) is 0 Å². The number of nitrogens with zero attached hydrogens (tertiary/aromatic N) is 1. The molecule has 6 heteroatoms. The van der Waals surface area contributed by atoms with Gasteiger partial charge >= 0.3 is 0 Å². The van der Waals surface area contributed by atoms with E-state index in [1.54, 1.807) is 11.3 Å². The second kappa shape index (κ2) is 5.79. The highest BCUT2D eigenvalue weighted by Crippen LogP contribution is 2.14. The van der Waals surface area contributed by atoms with Gasteiger partial charge in [0.25, 0.3) is 5.91 Å². The first kappa shape index (κ1) is 12.1. The summed E-state index contributed by atoms with van der Waals surface area (Å²) in [5.41, 5.74) is 1.01. The first-order valence-corrected chi connectivity index (χ1v) is 6.99. The molecule has 0 aliphatic rings. The van der Waals surface area contributed by atoms with Crippen molar-refractivity contribution in [1.29, 1.82) is 0 Å². The second-order valence-electron chi connectivity index (χ2n) is 3.38. The topological polar surface area (TPSA) is 54.0 Å². The Morgan fingerprint density at radius 1 is 1.47 bits per heavy atom. The molecule has 0 aliphatic heterocycles. The van der Waals surface area contributed by atoms with Crippen molar-refractivity contribution >= 4 is 33.7 Å². The van der Waals surface area contributed by atoms with Crippen molar-refractivity contribution < 1.29 is 4.79 Å². The number of carbonyl (C=O) groups excluding carboxylic acids is 1. The van der Waals surface area contributed by atoms with E-state index in [4.69, 9.17) is 0 Å². The average Bonchev–Trinajstić information content (AvgIpc) is 3.00. The molecule has 0 atom stereocenters. The summed E-state index contributed by atoms with van der Waals surface area (Å²) in [5.74, 6) is -0.0101. The van der Waals surface area contributed by atoms with Crippen LogP contribution in [-0.4, -0.2) is 24.5 Å². The Bertz CT molecular complexity index is 479. The number of nitrogens with one attached hydrogen (secondary N) is 2. The van der Waals surface area contributed by atoms with Crippen molar-refractivity contribution in [3.05, 3.63) is 33.5 Å². The van der Waals surface area contributed by atoms with Gasteiger partial charge in [0, 0.05) is 25.4 Å². The normalized spacial score (nSPS) is 10.2. The molecule has 0 aliphatic carbocycles. The van der Waals surface area contributed by atoms with Gasteiger partial charge in [-0.25, -0.2) is 4.98 Å². The molecule has 2 aromatic rings. The molecule has 0 fully saturated rings. The van der Waals surface area contributed by atoms with Crippen LogP contribution in [0.25, 0.3) is 0 Å². The predicted octanol–water partition coefficient (Wildman–Crippen LogP) is 2.22. The van der Waals surface area contributed by atoms with Gasteiger partial charge < -0.3 is 10.6 Å². The summed E-state index contributed by atoms with van der Waals surface area (Å²) in [4.78, 5) is 16.7. The zero-order chi connectivity index (χ0) is 12.1. The van der Waals surface area contributed by atoms with E-state index in [0.29, 0.717) is 6.54 Å². The fourth-order valence-corrected chi connectivity index (χ4v) is 2.68. The molecule has 2 N–H and O–H groups in total. The zero-order valence-electron chi connectivity index (χ0n) is 9.40. The van der Waals surface area contributed by atoms with E-state index in [1.165, 1.54) is 11.3 Å². The van der Waals surface area contributed by atoms with Crippen LogP contribution in [0.5, 0.6) is 0 Å². The molecular weight excluding hydrogens is 254 g/mol. The molecule has 2 aromatic heterocycles.